The SMILES string of the molecule is CNc1c(C)cc(C)c(C)c1C.CNc1cc(C)c(C)c(C)c1C. The Labute approximate surface area is 148 Å². The van der Waals surface area contributed by atoms with E-state index in [0.29, 0.717) is 0 Å². The molecule has 0 aliphatic heterocycles. The van der Waals surface area contributed by atoms with Crippen molar-refractivity contribution in [3.8, 4) is 0 Å². The topological polar surface area (TPSA) is 24.1 Å². The van der Waals surface area contributed by atoms with Crippen LogP contribution in [0.4, 0.5) is 11.4 Å². The second-order valence-corrected chi connectivity index (χ2v) is 6.75. The summed E-state index contributed by atoms with van der Waals surface area (Å²) >= 11 is 0. The Kier molecular flexibility index (Phi) is 6.89. The number of anilines is 2. The molecule has 2 aromatic carbocycles. The van der Waals surface area contributed by atoms with Crippen LogP contribution in [0.1, 0.15) is 44.5 Å². The van der Waals surface area contributed by atoms with Gasteiger partial charge in [0.1, 0.15) is 0 Å². The summed E-state index contributed by atoms with van der Waals surface area (Å²) in [6, 6.07) is 4.44. The van der Waals surface area contributed by atoms with E-state index in [2.05, 4.69) is 78.2 Å². The summed E-state index contributed by atoms with van der Waals surface area (Å²) < 4.78 is 0. The van der Waals surface area contributed by atoms with Crippen molar-refractivity contribution in [1.29, 1.82) is 0 Å². The Bertz CT molecular complexity index is 728. The van der Waals surface area contributed by atoms with Crippen LogP contribution in [0.3, 0.4) is 0 Å². The van der Waals surface area contributed by atoms with Gasteiger partial charge in [-0.2, -0.15) is 0 Å². The predicted molar refractivity (Wildman–Crippen MR) is 110 cm³/mol. The lowest BCUT2D eigenvalue weighted by atomic mass is 9.98. The minimum absolute atomic E-state index is 1.25. The summed E-state index contributed by atoms with van der Waals surface area (Å²) in [4.78, 5) is 0. The highest BCUT2D eigenvalue weighted by Gasteiger charge is 2.05. The van der Waals surface area contributed by atoms with Gasteiger partial charge in [-0.25, -0.2) is 0 Å². The van der Waals surface area contributed by atoms with Crippen molar-refractivity contribution < 1.29 is 0 Å². The number of aryl methyl sites for hydroxylation is 3. The molecule has 0 fully saturated rings. The van der Waals surface area contributed by atoms with Gasteiger partial charge in [-0.3, -0.25) is 0 Å². The van der Waals surface area contributed by atoms with E-state index >= 15 is 0 Å². The minimum atomic E-state index is 1.25. The first-order chi connectivity index (χ1) is 11.1. The normalized spacial score (nSPS) is 10.1. The molecule has 2 rings (SSSR count). The molecule has 0 heterocycles. The molecule has 0 saturated heterocycles. The lowest BCUT2D eigenvalue weighted by Gasteiger charge is -2.13. The molecule has 0 bridgehead atoms. The summed E-state index contributed by atoms with van der Waals surface area (Å²) in [5.41, 5.74) is 13.5. The van der Waals surface area contributed by atoms with Gasteiger partial charge < -0.3 is 10.6 Å². The van der Waals surface area contributed by atoms with Gasteiger partial charge in [0, 0.05) is 25.5 Å². The molecule has 2 N–H and O–H groups in total. The molecule has 2 aromatic rings. The van der Waals surface area contributed by atoms with Crippen molar-refractivity contribution in [2.45, 2.75) is 55.4 Å². The third-order valence-electron chi connectivity index (χ3n) is 5.36. The zero-order chi connectivity index (χ0) is 18.6. The molecule has 132 valence electrons. The summed E-state index contributed by atoms with van der Waals surface area (Å²) in [6.45, 7) is 17.3. The van der Waals surface area contributed by atoms with Crippen LogP contribution in [-0.2, 0) is 0 Å². The lowest BCUT2D eigenvalue weighted by Crippen LogP contribution is -1.98. The summed E-state index contributed by atoms with van der Waals surface area (Å²) in [5, 5.41) is 6.44. The first-order valence-electron chi connectivity index (χ1n) is 8.65. The monoisotopic (exact) mass is 326 g/mol. The van der Waals surface area contributed by atoms with Crippen molar-refractivity contribution >= 4 is 11.4 Å². The molecule has 0 atom stereocenters. The van der Waals surface area contributed by atoms with E-state index in [1.54, 1.807) is 0 Å². The van der Waals surface area contributed by atoms with Crippen LogP contribution in [0.5, 0.6) is 0 Å². The highest BCUT2D eigenvalue weighted by atomic mass is 14.8. The Morgan fingerprint density at radius 3 is 1.50 bits per heavy atom. The Balaban J connectivity index is 0.000000240. The average molecular weight is 327 g/mol. The molecular formula is C22H34N2. The highest BCUT2D eigenvalue weighted by molar-refractivity contribution is 5.61. The fourth-order valence-electron chi connectivity index (χ4n) is 3.14. The molecule has 24 heavy (non-hydrogen) atoms. The van der Waals surface area contributed by atoms with Gasteiger partial charge >= 0.3 is 0 Å². The maximum atomic E-state index is 3.23. The Morgan fingerprint density at radius 1 is 0.500 bits per heavy atom. The molecule has 0 aliphatic rings. The zero-order valence-corrected chi connectivity index (χ0v) is 17.2. The van der Waals surface area contributed by atoms with Crippen LogP contribution < -0.4 is 10.6 Å². The number of rotatable bonds is 2. The van der Waals surface area contributed by atoms with Crippen LogP contribution in [0.2, 0.25) is 0 Å². The third-order valence-corrected chi connectivity index (χ3v) is 5.36. The van der Waals surface area contributed by atoms with Gasteiger partial charge in [-0.05, 0) is 106 Å². The van der Waals surface area contributed by atoms with E-state index in [1.165, 1.54) is 55.9 Å². The molecule has 2 heteroatoms. The van der Waals surface area contributed by atoms with Crippen LogP contribution >= 0.6 is 0 Å². The van der Waals surface area contributed by atoms with E-state index < -0.39 is 0 Å². The minimum Gasteiger partial charge on any atom is -0.388 e. The smallest absolute Gasteiger partial charge is 0.0399 e. The predicted octanol–water partition coefficient (Wildman–Crippen LogP) is 5.92. The molecular weight excluding hydrogens is 292 g/mol. The van der Waals surface area contributed by atoms with E-state index in [0.717, 1.165) is 0 Å². The summed E-state index contributed by atoms with van der Waals surface area (Å²) in [7, 11) is 3.95. The van der Waals surface area contributed by atoms with Crippen LogP contribution in [0, 0.1) is 55.4 Å². The van der Waals surface area contributed by atoms with Crippen molar-refractivity contribution in [3.05, 3.63) is 56.6 Å². The largest absolute Gasteiger partial charge is 0.388 e. The standard InChI is InChI=1S/2C11H17N/c1-7-6-11(12-5)10(4)9(3)8(7)2;1-7-6-8(2)11(12-5)10(4)9(7)3/h2*6,12H,1-5H3. The second kappa shape index (κ2) is 8.23. The van der Waals surface area contributed by atoms with Gasteiger partial charge in [0.2, 0.25) is 0 Å². The third kappa shape index (κ3) is 4.11. The number of hydrogen-bond acceptors (Lipinski definition) is 2. The van der Waals surface area contributed by atoms with Crippen molar-refractivity contribution in [2.24, 2.45) is 0 Å². The zero-order valence-electron chi connectivity index (χ0n) is 17.2. The van der Waals surface area contributed by atoms with Crippen molar-refractivity contribution in [1.82, 2.24) is 0 Å². The molecule has 0 unspecified atom stereocenters. The van der Waals surface area contributed by atoms with E-state index in [9.17, 15) is 0 Å². The van der Waals surface area contributed by atoms with E-state index in [-0.39, 0.29) is 0 Å². The number of benzene rings is 2. The van der Waals surface area contributed by atoms with Gasteiger partial charge in [0.15, 0.2) is 0 Å². The maximum absolute atomic E-state index is 3.23. The first-order valence-corrected chi connectivity index (χ1v) is 8.65. The second-order valence-electron chi connectivity index (χ2n) is 6.75. The van der Waals surface area contributed by atoms with Crippen molar-refractivity contribution in [2.75, 3.05) is 24.7 Å². The molecule has 2 nitrogen and oxygen atoms in total. The summed E-state index contributed by atoms with van der Waals surface area (Å²) in [5.74, 6) is 0. The lowest BCUT2D eigenvalue weighted by molar-refractivity contribution is 1.21. The number of nitrogens with one attached hydrogen (secondary N) is 2. The molecule has 0 aromatic heterocycles. The quantitative estimate of drug-likeness (QED) is 0.715. The van der Waals surface area contributed by atoms with Gasteiger partial charge in [-0.1, -0.05) is 6.07 Å². The Hall–Kier alpha value is -1.96. The summed E-state index contributed by atoms with van der Waals surface area (Å²) in [6.07, 6.45) is 0. The fourth-order valence-corrected chi connectivity index (χ4v) is 3.14. The molecule has 0 saturated carbocycles. The Morgan fingerprint density at radius 2 is 1.00 bits per heavy atom. The van der Waals surface area contributed by atoms with Crippen LogP contribution in [-0.4, -0.2) is 14.1 Å². The maximum Gasteiger partial charge on any atom is 0.0399 e. The molecule has 0 radical (unpaired) electrons. The molecule has 0 spiro atoms. The van der Waals surface area contributed by atoms with Gasteiger partial charge in [0.05, 0.1) is 0 Å². The molecule has 0 amide bonds. The first kappa shape index (κ1) is 20.1. The molecule has 0 aliphatic carbocycles. The van der Waals surface area contributed by atoms with Crippen LogP contribution in [0.25, 0.3) is 0 Å². The van der Waals surface area contributed by atoms with Crippen molar-refractivity contribution in [3.63, 3.8) is 0 Å². The number of hydrogen-bond donors (Lipinski definition) is 2. The van der Waals surface area contributed by atoms with Gasteiger partial charge in [0.25, 0.3) is 0 Å². The van der Waals surface area contributed by atoms with E-state index in [4.69, 9.17) is 0 Å². The van der Waals surface area contributed by atoms with Crippen LogP contribution in [0.15, 0.2) is 12.1 Å². The van der Waals surface area contributed by atoms with Gasteiger partial charge in [-0.15, -0.1) is 0 Å². The van der Waals surface area contributed by atoms with E-state index in [1.807, 2.05) is 14.1 Å². The fraction of sp³-hybridized carbons (Fsp3) is 0.455. The average Bonchev–Trinajstić information content (AvgIpc) is 2.55. The highest BCUT2D eigenvalue weighted by Crippen LogP contribution is 2.25.